The first-order valence-corrected chi connectivity index (χ1v) is 14.7. The van der Waals surface area contributed by atoms with Gasteiger partial charge in [0.05, 0.1) is 24.1 Å². The second kappa shape index (κ2) is 9.78. The molecule has 0 bridgehead atoms. The van der Waals surface area contributed by atoms with E-state index in [1.54, 1.807) is 6.26 Å². The lowest BCUT2D eigenvalue weighted by Crippen LogP contribution is -2.60. The highest BCUT2D eigenvalue weighted by atomic mass is 16.7. The average molecular weight is 545 g/mol. The van der Waals surface area contributed by atoms with Crippen LogP contribution in [-0.2, 0) is 14.2 Å². The number of allylic oxidation sites excluding steroid dienone is 1. The SMILES string of the molecule is COC1C(C)OC(O[C@@H]2C=C3CC[C@@H]4[C@H](CC[C@]5(C)[C@@H](c6ccc(=O)oc6)CC[C@]45O)[C@@]3(C)CC2)C(O)C1O. The van der Waals surface area contributed by atoms with Gasteiger partial charge in [-0.3, -0.25) is 0 Å². The van der Waals surface area contributed by atoms with E-state index in [4.69, 9.17) is 18.6 Å². The first-order valence-electron chi connectivity index (χ1n) is 14.7. The van der Waals surface area contributed by atoms with E-state index in [0.717, 1.165) is 56.9 Å². The third-order valence-corrected chi connectivity index (χ3v) is 11.7. The van der Waals surface area contributed by atoms with E-state index in [1.807, 2.05) is 13.0 Å². The Kier molecular flexibility index (Phi) is 6.92. The van der Waals surface area contributed by atoms with Crippen molar-refractivity contribution in [3.05, 3.63) is 46.0 Å². The zero-order valence-corrected chi connectivity index (χ0v) is 23.5. The first-order chi connectivity index (χ1) is 18.5. The van der Waals surface area contributed by atoms with Crippen molar-refractivity contribution in [1.82, 2.24) is 0 Å². The van der Waals surface area contributed by atoms with Crippen molar-refractivity contribution in [1.29, 1.82) is 0 Å². The molecule has 8 nitrogen and oxygen atoms in total. The maximum absolute atomic E-state index is 12.4. The summed E-state index contributed by atoms with van der Waals surface area (Å²) in [5.41, 5.74) is 1.07. The number of aliphatic hydroxyl groups is 3. The molecule has 0 amide bonds. The third-order valence-electron chi connectivity index (χ3n) is 11.7. The van der Waals surface area contributed by atoms with Gasteiger partial charge in [0.25, 0.3) is 0 Å². The highest BCUT2D eigenvalue weighted by Gasteiger charge is 2.66. The predicted molar refractivity (Wildman–Crippen MR) is 143 cm³/mol. The average Bonchev–Trinajstić information content (AvgIpc) is 3.19. The number of methoxy groups -OCH3 is 1. The summed E-state index contributed by atoms with van der Waals surface area (Å²) in [5, 5.41) is 33.6. The van der Waals surface area contributed by atoms with Crippen LogP contribution in [0.3, 0.4) is 0 Å². The Hall–Kier alpha value is -1.55. The molecule has 0 spiro atoms. The van der Waals surface area contributed by atoms with Crippen molar-refractivity contribution in [2.75, 3.05) is 7.11 Å². The molecule has 0 aromatic carbocycles. The minimum atomic E-state index is -1.17. The first kappa shape index (κ1) is 27.6. The summed E-state index contributed by atoms with van der Waals surface area (Å²) in [6.07, 6.45) is 6.78. The molecule has 3 N–H and O–H groups in total. The Labute approximate surface area is 230 Å². The van der Waals surface area contributed by atoms with Crippen LogP contribution in [0.15, 0.2) is 39.3 Å². The molecule has 4 aliphatic carbocycles. The monoisotopic (exact) mass is 544 g/mol. The van der Waals surface area contributed by atoms with Gasteiger partial charge in [0, 0.05) is 18.6 Å². The molecule has 2 heterocycles. The van der Waals surface area contributed by atoms with Crippen LogP contribution < -0.4 is 5.63 Å². The van der Waals surface area contributed by atoms with Gasteiger partial charge in [0.2, 0.25) is 0 Å². The fourth-order valence-corrected chi connectivity index (χ4v) is 9.49. The van der Waals surface area contributed by atoms with Crippen molar-refractivity contribution < 1.29 is 33.9 Å². The van der Waals surface area contributed by atoms with Crippen LogP contribution in [0, 0.1) is 22.7 Å². The Morgan fingerprint density at radius 2 is 1.79 bits per heavy atom. The molecule has 1 aliphatic heterocycles. The molecule has 5 unspecified atom stereocenters. The maximum atomic E-state index is 12.4. The smallest absolute Gasteiger partial charge is 0.335 e. The Balaban J connectivity index is 1.20. The van der Waals surface area contributed by atoms with E-state index in [-0.39, 0.29) is 34.4 Å². The quantitative estimate of drug-likeness (QED) is 0.492. The fourth-order valence-electron chi connectivity index (χ4n) is 9.49. The van der Waals surface area contributed by atoms with Gasteiger partial charge in [-0.15, -0.1) is 0 Å². The summed E-state index contributed by atoms with van der Waals surface area (Å²) >= 11 is 0. The van der Waals surface area contributed by atoms with Gasteiger partial charge in [0.1, 0.15) is 18.3 Å². The summed E-state index contributed by atoms with van der Waals surface area (Å²) in [4.78, 5) is 11.6. The summed E-state index contributed by atoms with van der Waals surface area (Å²) in [6.45, 7) is 6.45. The van der Waals surface area contributed by atoms with Gasteiger partial charge in [-0.1, -0.05) is 25.5 Å². The highest BCUT2D eigenvalue weighted by molar-refractivity contribution is 5.31. The molecule has 1 saturated heterocycles. The van der Waals surface area contributed by atoms with Gasteiger partial charge in [-0.25, -0.2) is 4.79 Å². The molecular formula is C31H44O8. The van der Waals surface area contributed by atoms with E-state index in [2.05, 4.69) is 19.9 Å². The minimum Gasteiger partial charge on any atom is -0.431 e. The minimum absolute atomic E-state index is 0.00253. The molecule has 1 aromatic heterocycles. The Morgan fingerprint density at radius 3 is 2.51 bits per heavy atom. The lowest BCUT2D eigenvalue weighted by Gasteiger charge is -2.62. The number of rotatable bonds is 4. The van der Waals surface area contributed by atoms with E-state index in [0.29, 0.717) is 5.92 Å². The fraction of sp³-hybridized carbons (Fsp3) is 0.774. The van der Waals surface area contributed by atoms with Crippen LogP contribution in [0.2, 0.25) is 0 Å². The molecule has 0 radical (unpaired) electrons. The van der Waals surface area contributed by atoms with Gasteiger partial charge in [0.15, 0.2) is 6.29 Å². The summed E-state index contributed by atoms with van der Waals surface area (Å²) < 4.78 is 22.7. The summed E-state index contributed by atoms with van der Waals surface area (Å²) in [7, 11) is 1.50. The summed E-state index contributed by atoms with van der Waals surface area (Å²) in [5.74, 6) is 0.797. The Morgan fingerprint density at radius 1 is 1.00 bits per heavy atom. The van der Waals surface area contributed by atoms with E-state index >= 15 is 0 Å². The summed E-state index contributed by atoms with van der Waals surface area (Å²) in [6, 6.07) is 3.38. The normalized spacial score (nSPS) is 49.5. The standard InChI is InChI=1S/C31H44O8/c1-17-27(36-4)25(33)26(34)28(38-17)39-20-9-12-29(2)19(15-20)6-7-23-22(29)10-13-30(3)21(11-14-31(23,30)35)18-5-8-24(32)37-16-18/h5,8,15-17,20-23,25-28,33-35H,6-7,9-14H2,1-4H3/t17?,20-,21+,22-,23+,25?,26?,27?,28?,29-,30+,31-/m0/s1. The molecule has 39 heavy (non-hydrogen) atoms. The second-order valence-electron chi connectivity index (χ2n) is 13.3. The molecular weight excluding hydrogens is 500 g/mol. The maximum Gasteiger partial charge on any atom is 0.335 e. The number of aliphatic hydroxyl groups excluding tert-OH is 2. The molecule has 216 valence electrons. The number of hydrogen-bond acceptors (Lipinski definition) is 8. The van der Waals surface area contributed by atoms with Crippen molar-refractivity contribution in [2.45, 2.75) is 120 Å². The zero-order chi connectivity index (χ0) is 27.7. The van der Waals surface area contributed by atoms with E-state index < -0.39 is 36.3 Å². The second-order valence-corrected chi connectivity index (χ2v) is 13.3. The van der Waals surface area contributed by atoms with Gasteiger partial charge >= 0.3 is 5.63 Å². The predicted octanol–water partition coefficient (Wildman–Crippen LogP) is 3.67. The van der Waals surface area contributed by atoms with Crippen molar-refractivity contribution >= 4 is 0 Å². The molecule has 5 aliphatic rings. The third kappa shape index (κ3) is 4.12. The zero-order valence-electron chi connectivity index (χ0n) is 23.5. The van der Waals surface area contributed by atoms with Gasteiger partial charge in [-0.2, -0.15) is 0 Å². The van der Waals surface area contributed by atoms with Crippen molar-refractivity contribution in [3.8, 4) is 0 Å². The molecule has 3 saturated carbocycles. The number of fused-ring (bicyclic) bond motifs is 5. The van der Waals surface area contributed by atoms with Crippen LogP contribution in [-0.4, -0.2) is 64.8 Å². The van der Waals surface area contributed by atoms with Crippen LogP contribution in [0.25, 0.3) is 0 Å². The van der Waals surface area contributed by atoms with Gasteiger partial charge in [-0.05, 0) is 93.1 Å². The molecule has 6 rings (SSSR count). The van der Waals surface area contributed by atoms with Crippen LogP contribution in [0.5, 0.6) is 0 Å². The van der Waals surface area contributed by atoms with Gasteiger partial charge < -0.3 is 33.9 Å². The lowest BCUT2D eigenvalue weighted by atomic mass is 9.45. The van der Waals surface area contributed by atoms with E-state index in [9.17, 15) is 20.1 Å². The number of hydrogen-bond donors (Lipinski definition) is 3. The topological polar surface area (TPSA) is 119 Å². The molecule has 8 heteroatoms. The molecule has 12 atom stereocenters. The highest BCUT2D eigenvalue weighted by Crippen LogP contribution is 2.70. The van der Waals surface area contributed by atoms with Crippen molar-refractivity contribution in [3.63, 3.8) is 0 Å². The van der Waals surface area contributed by atoms with Crippen LogP contribution >= 0.6 is 0 Å². The van der Waals surface area contributed by atoms with E-state index in [1.165, 1.54) is 18.7 Å². The number of ether oxygens (including phenoxy) is 3. The van der Waals surface area contributed by atoms with Crippen molar-refractivity contribution in [2.24, 2.45) is 22.7 Å². The molecule has 4 fully saturated rings. The van der Waals surface area contributed by atoms with Crippen LogP contribution in [0.1, 0.15) is 83.6 Å². The van der Waals surface area contributed by atoms with Crippen LogP contribution in [0.4, 0.5) is 0 Å². The molecule has 1 aromatic rings. The lowest BCUT2D eigenvalue weighted by molar-refractivity contribution is -0.304. The Bertz CT molecular complexity index is 1140. The largest absolute Gasteiger partial charge is 0.431 e.